The standard InChI is InChI=1S/C22H38N4O.HI/c1-17(2)26-13-9-10-18(16-26)14-24-21(23-6)25-15-19-11-7-8-12-20(19)27-22(3,4)5;/h7-8,11-12,17-18H,9-10,13-16H2,1-6H3,(H2,23,24,25);1H. The first-order chi connectivity index (χ1) is 12.8. The SMILES string of the molecule is CN=C(NCc1ccccc1OC(C)(C)C)NCC1CCCN(C(C)C)C1.I. The van der Waals surface area contributed by atoms with Crippen molar-refractivity contribution in [2.24, 2.45) is 10.9 Å². The Morgan fingerprint density at radius 3 is 2.61 bits per heavy atom. The van der Waals surface area contributed by atoms with Crippen LogP contribution in [0.2, 0.25) is 0 Å². The molecule has 1 heterocycles. The van der Waals surface area contributed by atoms with Gasteiger partial charge in [0.05, 0.1) is 0 Å². The minimum atomic E-state index is -0.209. The van der Waals surface area contributed by atoms with Crippen molar-refractivity contribution in [1.82, 2.24) is 15.5 Å². The molecule has 1 aliphatic heterocycles. The molecule has 5 nitrogen and oxygen atoms in total. The molecule has 2 rings (SSSR count). The lowest BCUT2D eigenvalue weighted by Crippen LogP contribution is -2.46. The van der Waals surface area contributed by atoms with Gasteiger partial charge in [-0.3, -0.25) is 4.99 Å². The number of rotatable bonds is 6. The monoisotopic (exact) mass is 502 g/mol. The summed E-state index contributed by atoms with van der Waals surface area (Å²) in [4.78, 5) is 6.96. The van der Waals surface area contributed by atoms with Gasteiger partial charge in [0, 0.05) is 38.3 Å². The van der Waals surface area contributed by atoms with Crippen LogP contribution in [0.3, 0.4) is 0 Å². The predicted octanol–water partition coefficient (Wildman–Crippen LogP) is 4.27. The smallest absolute Gasteiger partial charge is 0.191 e. The first-order valence-corrected chi connectivity index (χ1v) is 10.2. The van der Waals surface area contributed by atoms with Crippen molar-refractivity contribution in [3.63, 3.8) is 0 Å². The summed E-state index contributed by atoms with van der Waals surface area (Å²) in [5.74, 6) is 2.45. The van der Waals surface area contributed by atoms with Crippen LogP contribution in [0.4, 0.5) is 0 Å². The van der Waals surface area contributed by atoms with Crippen molar-refractivity contribution in [3.8, 4) is 5.75 Å². The van der Waals surface area contributed by atoms with Crippen LogP contribution in [-0.2, 0) is 6.54 Å². The molecule has 0 amide bonds. The van der Waals surface area contributed by atoms with Crippen LogP contribution in [0.5, 0.6) is 5.75 Å². The summed E-state index contributed by atoms with van der Waals surface area (Å²) < 4.78 is 6.08. The highest BCUT2D eigenvalue weighted by Crippen LogP contribution is 2.23. The number of ether oxygens (including phenoxy) is 1. The van der Waals surface area contributed by atoms with Crippen LogP contribution in [0.25, 0.3) is 0 Å². The summed E-state index contributed by atoms with van der Waals surface area (Å²) in [7, 11) is 1.83. The van der Waals surface area contributed by atoms with Gasteiger partial charge in [0.2, 0.25) is 0 Å². The van der Waals surface area contributed by atoms with Crippen molar-refractivity contribution in [3.05, 3.63) is 29.8 Å². The van der Waals surface area contributed by atoms with Crippen molar-refractivity contribution < 1.29 is 4.74 Å². The first-order valence-electron chi connectivity index (χ1n) is 10.2. The molecule has 1 saturated heterocycles. The second-order valence-electron chi connectivity index (χ2n) is 8.73. The van der Waals surface area contributed by atoms with Crippen molar-refractivity contribution in [2.45, 2.75) is 65.6 Å². The fraction of sp³-hybridized carbons (Fsp3) is 0.682. The van der Waals surface area contributed by atoms with Crippen LogP contribution in [0, 0.1) is 5.92 Å². The Balaban J connectivity index is 0.00000392. The molecule has 1 aromatic rings. The third-order valence-corrected chi connectivity index (χ3v) is 4.90. The molecule has 0 bridgehead atoms. The van der Waals surface area contributed by atoms with Crippen molar-refractivity contribution >= 4 is 29.9 Å². The molecule has 2 N–H and O–H groups in total. The quantitative estimate of drug-likeness (QED) is 0.347. The summed E-state index contributed by atoms with van der Waals surface area (Å²) in [6.07, 6.45) is 2.57. The van der Waals surface area contributed by atoms with E-state index in [2.05, 4.69) is 61.2 Å². The van der Waals surface area contributed by atoms with Crippen LogP contribution in [0.15, 0.2) is 29.3 Å². The molecule has 28 heavy (non-hydrogen) atoms. The van der Waals surface area contributed by atoms with Gasteiger partial charge < -0.3 is 20.3 Å². The number of nitrogens with one attached hydrogen (secondary N) is 2. The van der Waals surface area contributed by atoms with E-state index < -0.39 is 0 Å². The van der Waals surface area contributed by atoms with Gasteiger partial charge in [-0.05, 0) is 66.0 Å². The fourth-order valence-corrected chi connectivity index (χ4v) is 3.45. The number of aliphatic imine (C=N–C) groups is 1. The fourth-order valence-electron chi connectivity index (χ4n) is 3.45. The number of nitrogens with zero attached hydrogens (tertiary/aromatic N) is 2. The largest absolute Gasteiger partial charge is 0.488 e. The molecular weight excluding hydrogens is 463 g/mol. The highest BCUT2D eigenvalue weighted by atomic mass is 127. The van der Waals surface area contributed by atoms with E-state index in [1.54, 1.807) is 0 Å². The average Bonchev–Trinajstić information content (AvgIpc) is 2.62. The van der Waals surface area contributed by atoms with E-state index in [0.29, 0.717) is 18.5 Å². The summed E-state index contributed by atoms with van der Waals surface area (Å²) in [5, 5.41) is 6.94. The number of likely N-dealkylation sites (tertiary alicyclic amines) is 1. The Hall–Kier alpha value is -1.02. The van der Waals surface area contributed by atoms with E-state index in [1.807, 2.05) is 25.2 Å². The van der Waals surface area contributed by atoms with E-state index in [0.717, 1.165) is 23.8 Å². The van der Waals surface area contributed by atoms with E-state index >= 15 is 0 Å². The second-order valence-corrected chi connectivity index (χ2v) is 8.73. The summed E-state index contributed by atoms with van der Waals surface area (Å²) >= 11 is 0. The summed E-state index contributed by atoms with van der Waals surface area (Å²) in [6, 6.07) is 8.82. The molecule has 0 saturated carbocycles. The van der Waals surface area contributed by atoms with E-state index in [4.69, 9.17) is 4.74 Å². The normalized spacial score (nSPS) is 18.5. The van der Waals surface area contributed by atoms with E-state index in [9.17, 15) is 0 Å². The molecule has 1 aromatic carbocycles. The number of hydrogen-bond acceptors (Lipinski definition) is 3. The number of hydrogen-bond donors (Lipinski definition) is 2. The minimum Gasteiger partial charge on any atom is -0.488 e. The Kier molecular flexibility index (Phi) is 10.6. The molecule has 0 aromatic heterocycles. The highest BCUT2D eigenvalue weighted by Gasteiger charge is 2.21. The van der Waals surface area contributed by atoms with Crippen LogP contribution >= 0.6 is 24.0 Å². The minimum absolute atomic E-state index is 0. The predicted molar refractivity (Wildman–Crippen MR) is 130 cm³/mol. The molecule has 0 spiro atoms. The topological polar surface area (TPSA) is 48.9 Å². The lowest BCUT2D eigenvalue weighted by atomic mass is 9.97. The van der Waals surface area contributed by atoms with Crippen LogP contribution < -0.4 is 15.4 Å². The maximum atomic E-state index is 6.08. The molecule has 1 fully saturated rings. The number of halogens is 1. The molecule has 1 unspecified atom stereocenters. The Morgan fingerprint density at radius 1 is 1.25 bits per heavy atom. The number of para-hydroxylation sites is 1. The highest BCUT2D eigenvalue weighted by molar-refractivity contribution is 14.0. The number of piperidine rings is 1. The third-order valence-electron chi connectivity index (χ3n) is 4.90. The lowest BCUT2D eigenvalue weighted by Gasteiger charge is -2.35. The maximum Gasteiger partial charge on any atom is 0.191 e. The van der Waals surface area contributed by atoms with E-state index in [-0.39, 0.29) is 29.6 Å². The molecule has 6 heteroatoms. The van der Waals surface area contributed by atoms with Gasteiger partial charge >= 0.3 is 0 Å². The van der Waals surface area contributed by atoms with Gasteiger partial charge in [-0.2, -0.15) is 0 Å². The third kappa shape index (κ3) is 8.55. The van der Waals surface area contributed by atoms with E-state index in [1.165, 1.54) is 25.9 Å². The maximum absolute atomic E-state index is 6.08. The van der Waals surface area contributed by atoms with Gasteiger partial charge in [0.1, 0.15) is 11.4 Å². The molecule has 0 radical (unpaired) electrons. The average molecular weight is 502 g/mol. The Morgan fingerprint density at radius 2 is 1.96 bits per heavy atom. The molecule has 1 aliphatic rings. The zero-order chi connectivity index (χ0) is 19.9. The summed E-state index contributed by atoms with van der Waals surface area (Å²) in [5.41, 5.74) is 0.929. The van der Waals surface area contributed by atoms with Gasteiger partial charge in [-0.25, -0.2) is 0 Å². The lowest BCUT2D eigenvalue weighted by molar-refractivity contribution is 0.129. The van der Waals surface area contributed by atoms with Crippen molar-refractivity contribution in [1.29, 1.82) is 0 Å². The molecule has 0 aliphatic carbocycles. The van der Waals surface area contributed by atoms with Gasteiger partial charge in [0.25, 0.3) is 0 Å². The zero-order valence-electron chi connectivity index (χ0n) is 18.4. The number of benzene rings is 1. The van der Waals surface area contributed by atoms with Crippen LogP contribution in [-0.4, -0.2) is 49.2 Å². The molecular formula is C22H39IN4O. The van der Waals surface area contributed by atoms with Gasteiger partial charge in [-0.1, -0.05) is 18.2 Å². The molecule has 160 valence electrons. The number of guanidine groups is 1. The Labute approximate surface area is 188 Å². The Bertz CT molecular complexity index is 613. The second kappa shape index (κ2) is 11.9. The summed E-state index contributed by atoms with van der Waals surface area (Å²) in [6.45, 7) is 14.8. The zero-order valence-corrected chi connectivity index (χ0v) is 20.7. The van der Waals surface area contributed by atoms with Gasteiger partial charge in [0.15, 0.2) is 5.96 Å². The molecule has 1 atom stereocenters. The van der Waals surface area contributed by atoms with Gasteiger partial charge in [-0.15, -0.1) is 24.0 Å². The van der Waals surface area contributed by atoms with Crippen molar-refractivity contribution in [2.75, 3.05) is 26.7 Å². The first kappa shape index (κ1) is 25.0. The van der Waals surface area contributed by atoms with Crippen LogP contribution in [0.1, 0.15) is 53.0 Å².